The van der Waals surface area contributed by atoms with E-state index in [-0.39, 0.29) is 27.0 Å². The van der Waals surface area contributed by atoms with Crippen LogP contribution in [0.3, 0.4) is 0 Å². The Morgan fingerprint density at radius 2 is 1.10 bits per heavy atom. The molecule has 11 heteroatoms. The molecule has 0 fully saturated rings. The van der Waals surface area contributed by atoms with Crippen LogP contribution in [-0.2, 0) is 13.7 Å². The number of rotatable bonds is 10. The maximum Gasteiger partial charge on any atom is 0.313 e. The number of ether oxygens (including phenoxy) is 1. The summed E-state index contributed by atoms with van der Waals surface area (Å²) in [7, 11) is -9.10. The van der Waals surface area contributed by atoms with E-state index in [0.29, 0.717) is 6.42 Å². The average Bonchev–Trinajstić information content (AvgIpc) is 2.95. The molecule has 0 amide bonds. The normalized spacial score (nSPS) is 12.4. The fourth-order valence-electron chi connectivity index (χ4n) is 3.84. The average molecular weight is 583 g/mol. The lowest BCUT2D eigenvalue weighted by Crippen LogP contribution is -2.19. The van der Waals surface area contributed by atoms with E-state index in [0.717, 1.165) is 6.42 Å². The highest BCUT2D eigenvalue weighted by Gasteiger charge is 2.43. The molecule has 4 aromatic rings. The van der Waals surface area contributed by atoms with Crippen molar-refractivity contribution in [2.24, 2.45) is 0 Å². The first kappa shape index (κ1) is 28.6. The number of halogens is 5. The molecule has 0 saturated heterocycles. The Morgan fingerprint density at radius 1 is 0.641 bits per heavy atom. The first-order chi connectivity index (χ1) is 18.6. The van der Waals surface area contributed by atoms with Gasteiger partial charge in [0.1, 0.15) is 5.75 Å². The van der Waals surface area contributed by atoms with Gasteiger partial charge in [-0.3, -0.25) is 0 Å². The minimum atomic E-state index is -5.64. The molecule has 0 saturated carbocycles. The number of hydrogen-bond acceptors (Lipinski definition) is 4. The second kappa shape index (κ2) is 11.8. The molecule has 0 spiro atoms. The highest BCUT2D eigenvalue weighted by molar-refractivity contribution is 8.33. The predicted octanol–water partition coefficient (Wildman–Crippen LogP) is 8.16. The van der Waals surface area contributed by atoms with E-state index in [1.165, 1.54) is 0 Å². The highest BCUT2D eigenvalue weighted by atomic mass is 32.3. The van der Waals surface area contributed by atoms with E-state index in [9.17, 15) is 30.4 Å². The van der Waals surface area contributed by atoms with Gasteiger partial charge in [-0.1, -0.05) is 61.9 Å². The van der Waals surface area contributed by atoms with Gasteiger partial charge in [0.15, 0.2) is 28.2 Å². The van der Waals surface area contributed by atoms with Crippen molar-refractivity contribution < 1.29 is 38.7 Å². The van der Waals surface area contributed by atoms with Crippen LogP contribution in [0, 0.1) is 29.1 Å². The van der Waals surface area contributed by atoms with E-state index >= 15 is 0 Å². The summed E-state index contributed by atoms with van der Waals surface area (Å²) in [5, 5.41) is 0. The number of unbranched alkanes of at least 4 members (excludes halogenated alkanes) is 1. The monoisotopic (exact) mass is 582 g/mol. The largest absolute Gasteiger partial charge is 0.492 e. The Morgan fingerprint density at radius 3 is 1.62 bits per heavy atom. The molecule has 0 radical (unpaired) electrons. The molecule has 0 unspecified atom stereocenters. The summed E-state index contributed by atoms with van der Waals surface area (Å²) in [6, 6.07) is 22.4. The third-order valence-electron chi connectivity index (χ3n) is 5.68. The van der Waals surface area contributed by atoms with Crippen LogP contribution in [0.5, 0.6) is 5.75 Å². The van der Waals surface area contributed by atoms with Crippen molar-refractivity contribution >= 4 is 20.4 Å². The Bertz CT molecular complexity index is 1500. The van der Waals surface area contributed by atoms with Gasteiger partial charge in [0.25, 0.3) is 0 Å². The first-order valence-electron chi connectivity index (χ1n) is 11.8. The van der Waals surface area contributed by atoms with Crippen molar-refractivity contribution in [1.29, 1.82) is 0 Å². The zero-order chi connectivity index (χ0) is 28.2. The van der Waals surface area contributed by atoms with Crippen molar-refractivity contribution in [3.63, 3.8) is 0 Å². The minimum absolute atomic E-state index is 0.214. The quantitative estimate of drug-likeness (QED) is 0.0820. The Kier molecular flexibility index (Phi) is 8.63. The SMILES string of the molecule is CCCCOc1ccccc1S(OS(=O)(=O)c1c(F)c(F)c(F)c(F)c1F)(c1ccccc1)c1ccccc1. The molecular formula is C28H23F5O4S2. The van der Waals surface area contributed by atoms with Gasteiger partial charge in [-0.05, 0) is 53.1 Å². The summed E-state index contributed by atoms with van der Waals surface area (Å²) in [5.41, 5.74) is 0. The fourth-order valence-corrected chi connectivity index (χ4v) is 9.26. The lowest BCUT2D eigenvalue weighted by atomic mass is 10.3. The van der Waals surface area contributed by atoms with Gasteiger partial charge >= 0.3 is 10.1 Å². The summed E-state index contributed by atoms with van der Waals surface area (Å²) < 4.78 is 110. The standard InChI is InChI=1S/C28H23F5O4S2/c1-2-3-18-36-21-16-10-11-17-22(21)38(19-12-6-4-7-13-19,20-14-8-5-9-15-20)37-39(34,35)28-26(32)24(30)23(29)25(31)27(28)33/h4-17H,2-3,18H2,1H3. The van der Waals surface area contributed by atoms with Crippen molar-refractivity contribution in [2.45, 2.75) is 39.3 Å². The van der Waals surface area contributed by atoms with Crippen LogP contribution in [0.15, 0.2) is 105 Å². The van der Waals surface area contributed by atoms with Gasteiger partial charge in [0.05, 0.1) is 11.5 Å². The second-order valence-corrected chi connectivity index (χ2v) is 12.6. The van der Waals surface area contributed by atoms with E-state index in [4.69, 9.17) is 8.37 Å². The van der Waals surface area contributed by atoms with Crippen LogP contribution in [-0.4, -0.2) is 15.0 Å². The van der Waals surface area contributed by atoms with E-state index in [1.807, 2.05) is 6.92 Å². The van der Waals surface area contributed by atoms with E-state index in [2.05, 4.69) is 0 Å². The minimum Gasteiger partial charge on any atom is -0.492 e. The highest BCUT2D eigenvalue weighted by Crippen LogP contribution is 2.72. The van der Waals surface area contributed by atoms with Crippen LogP contribution in [0.1, 0.15) is 19.8 Å². The summed E-state index contributed by atoms with van der Waals surface area (Å²) >= 11 is 0. The maximum atomic E-state index is 14.8. The lowest BCUT2D eigenvalue weighted by Gasteiger charge is -2.40. The van der Waals surface area contributed by atoms with Crippen LogP contribution in [0.25, 0.3) is 0 Å². The van der Waals surface area contributed by atoms with Crippen LogP contribution in [0.2, 0.25) is 0 Å². The molecule has 0 aromatic heterocycles. The molecule has 39 heavy (non-hydrogen) atoms. The van der Waals surface area contributed by atoms with Crippen LogP contribution in [0.4, 0.5) is 22.0 Å². The van der Waals surface area contributed by atoms with Crippen molar-refractivity contribution in [1.82, 2.24) is 0 Å². The summed E-state index contributed by atoms with van der Waals surface area (Å²) in [4.78, 5) is -1.32. The van der Waals surface area contributed by atoms with Gasteiger partial charge in [-0.25, -0.2) is 25.6 Å². The molecule has 0 heterocycles. The lowest BCUT2D eigenvalue weighted by molar-refractivity contribution is 0.301. The van der Waals surface area contributed by atoms with Crippen molar-refractivity contribution in [2.75, 3.05) is 6.61 Å². The van der Waals surface area contributed by atoms with Crippen molar-refractivity contribution in [3.8, 4) is 5.75 Å². The van der Waals surface area contributed by atoms with Crippen LogP contribution >= 0.6 is 10.3 Å². The summed E-state index contributed by atoms with van der Waals surface area (Å²) in [5.74, 6) is -12.1. The zero-order valence-corrected chi connectivity index (χ0v) is 22.2. The molecular weight excluding hydrogens is 559 g/mol. The van der Waals surface area contributed by atoms with Gasteiger partial charge in [0, 0.05) is 9.79 Å². The second-order valence-electron chi connectivity index (χ2n) is 8.25. The topological polar surface area (TPSA) is 52.6 Å². The predicted molar refractivity (Wildman–Crippen MR) is 137 cm³/mol. The van der Waals surface area contributed by atoms with Gasteiger partial charge in [-0.15, -0.1) is 0 Å². The fraction of sp³-hybridized carbons (Fsp3) is 0.143. The molecule has 0 bridgehead atoms. The smallest absolute Gasteiger partial charge is 0.313 e. The molecule has 4 rings (SSSR count). The summed E-state index contributed by atoms with van der Waals surface area (Å²) in [6.45, 7) is 2.23. The third kappa shape index (κ3) is 5.39. The van der Waals surface area contributed by atoms with E-state index in [1.54, 1.807) is 84.9 Å². The van der Waals surface area contributed by atoms with Crippen molar-refractivity contribution in [3.05, 3.63) is 114 Å². The van der Waals surface area contributed by atoms with Gasteiger partial charge in [-0.2, -0.15) is 8.42 Å². The Balaban J connectivity index is 2.07. The molecule has 4 aromatic carbocycles. The third-order valence-corrected chi connectivity index (χ3v) is 10.9. The molecule has 0 atom stereocenters. The number of benzene rings is 4. The van der Waals surface area contributed by atoms with Crippen LogP contribution < -0.4 is 4.74 Å². The maximum absolute atomic E-state index is 14.8. The molecule has 0 aliphatic heterocycles. The molecule has 0 aliphatic carbocycles. The Labute approximate surface area is 224 Å². The van der Waals surface area contributed by atoms with Gasteiger partial charge in [0.2, 0.25) is 5.82 Å². The number of para-hydroxylation sites is 1. The molecule has 0 N–H and O–H groups in total. The molecule has 206 valence electrons. The summed E-state index contributed by atoms with van der Waals surface area (Å²) in [6.07, 6.45) is 1.49. The number of hydrogen-bond donors (Lipinski definition) is 0. The molecule has 4 nitrogen and oxygen atoms in total. The Hall–Kier alpha value is -3.41. The molecule has 0 aliphatic rings. The first-order valence-corrected chi connectivity index (χ1v) is 14.7. The van der Waals surface area contributed by atoms with Gasteiger partial charge < -0.3 is 4.74 Å². The van der Waals surface area contributed by atoms with E-state index < -0.39 is 54.4 Å². The zero-order valence-electron chi connectivity index (χ0n) is 20.5.